The average molecular weight is 307 g/mol. The van der Waals surface area contributed by atoms with Crippen LogP contribution in [0.1, 0.15) is 46.0 Å². The Bertz CT molecular complexity index is 595. The normalized spacial score (nSPS) is 25.0. The Hall–Kier alpha value is -1.89. The van der Waals surface area contributed by atoms with Gasteiger partial charge in [-0.1, -0.05) is 68.9 Å². The van der Waals surface area contributed by atoms with E-state index in [2.05, 4.69) is 56.0 Å². The van der Waals surface area contributed by atoms with Crippen molar-refractivity contribution in [3.05, 3.63) is 71.4 Å². The predicted molar refractivity (Wildman–Crippen MR) is 102 cm³/mol. The lowest BCUT2D eigenvalue weighted by atomic mass is 9.74. The first-order chi connectivity index (χ1) is 11.2. The fourth-order valence-corrected chi connectivity index (χ4v) is 3.58. The Labute approximate surface area is 141 Å². The Balaban J connectivity index is 0.000000595. The lowest BCUT2D eigenvalue weighted by Gasteiger charge is -2.30. The molecule has 0 bridgehead atoms. The van der Waals surface area contributed by atoms with Crippen molar-refractivity contribution in [2.75, 3.05) is 0 Å². The molecular weight excluding hydrogens is 278 g/mol. The van der Waals surface area contributed by atoms with Gasteiger partial charge in [0.15, 0.2) is 0 Å². The van der Waals surface area contributed by atoms with Crippen LogP contribution < -0.4 is 0 Å². The number of nitrogens with one attached hydrogen (secondary N) is 1. The highest BCUT2D eigenvalue weighted by Crippen LogP contribution is 2.42. The van der Waals surface area contributed by atoms with E-state index in [0.29, 0.717) is 11.8 Å². The molecule has 1 nitrogen and oxygen atoms in total. The van der Waals surface area contributed by atoms with Gasteiger partial charge in [0, 0.05) is 11.8 Å². The second-order valence-corrected chi connectivity index (χ2v) is 6.35. The largest absolute Gasteiger partial charge is 0.313 e. The molecule has 0 amide bonds. The zero-order valence-electron chi connectivity index (χ0n) is 14.5. The highest BCUT2D eigenvalue weighted by molar-refractivity contribution is 5.55. The molecule has 0 saturated carbocycles. The Morgan fingerprint density at radius 3 is 2.74 bits per heavy atom. The molecule has 3 aliphatic rings. The third-order valence-corrected chi connectivity index (χ3v) is 4.73. The van der Waals surface area contributed by atoms with Crippen LogP contribution in [0, 0.1) is 17.2 Å². The fourth-order valence-electron chi connectivity index (χ4n) is 3.58. The van der Waals surface area contributed by atoms with E-state index in [4.69, 9.17) is 5.41 Å². The van der Waals surface area contributed by atoms with Crippen molar-refractivity contribution >= 4 is 6.21 Å². The molecule has 0 aromatic carbocycles. The van der Waals surface area contributed by atoms with Crippen molar-refractivity contribution in [3.8, 4) is 0 Å². The lowest BCUT2D eigenvalue weighted by Crippen LogP contribution is -2.15. The Morgan fingerprint density at radius 2 is 2.09 bits per heavy atom. The highest BCUT2D eigenvalue weighted by Gasteiger charge is 2.27. The van der Waals surface area contributed by atoms with Crippen molar-refractivity contribution in [1.82, 2.24) is 0 Å². The van der Waals surface area contributed by atoms with E-state index >= 15 is 0 Å². The van der Waals surface area contributed by atoms with Gasteiger partial charge < -0.3 is 5.41 Å². The van der Waals surface area contributed by atoms with Crippen LogP contribution >= 0.6 is 0 Å². The molecule has 0 aromatic rings. The monoisotopic (exact) mass is 307 g/mol. The standard InChI is InChI=1S/C20H24.C2H5N/c1-3-4-9-16-13-14-20(17-12-7-8-15(17)2)19-11-6-5-10-18(16)19;1-2-3/h5-8,10,13-14,16-17H,2-4,9,11-12H2,1H3;2-3H,1H3. The minimum absolute atomic E-state index is 0.517. The van der Waals surface area contributed by atoms with Crippen molar-refractivity contribution < 1.29 is 0 Å². The molecule has 0 spiro atoms. The summed E-state index contributed by atoms with van der Waals surface area (Å²) in [5.74, 6) is 1.14. The van der Waals surface area contributed by atoms with Gasteiger partial charge in [0.05, 0.1) is 0 Å². The van der Waals surface area contributed by atoms with E-state index in [9.17, 15) is 0 Å². The Kier molecular flexibility index (Phi) is 6.58. The van der Waals surface area contributed by atoms with Gasteiger partial charge in [-0.15, -0.1) is 0 Å². The third kappa shape index (κ3) is 4.10. The average Bonchev–Trinajstić information content (AvgIpc) is 2.99. The van der Waals surface area contributed by atoms with Gasteiger partial charge in [-0.05, 0) is 54.7 Å². The third-order valence-electron chi connectivity index (χ3n) is 4.73. The summed E-state index contributed by atoms with van der Waals surface area (Å²) in [4.78, 5) is 0. The van der Waals surface area contributed by atoms with Crippen LogP contribution in [0.2, 0.25) is 0 Å². The molecule has 2 atom stereocenters. The molecule has 0 aromatic heterocycles. The van der Waals surface area contributed by atoms with Crippen molar-refractivity contribution in [1.29, 1.82) is 5.41 Å². The van der Waals surface area contributed by atoms with Gasteiger partial charge in [-0.25, -0.2) is 0 Å². The maximum atomic E-state index is 6.08. The molecule has 1 heteroatoms. The number of hydrogen-bond donors (Lipinski definition) is 1. The number of rotatable bonds is 4. The summed E-state index contributed by atoms with van der Waals surface area (Å²) in [5, 5.41) is 6.08. The smallest absolute Gasteiger partial charge is 0.0121 e. The second kappa shape index (κ2) is 8.67. The molecule has 3 rings (SSSR count). The van der Waals surface area contributed by atoms with Crippen LogP contribution in [0.3, 0.4) is 0 Å². The van der Waals surface area contributed by atoms with E-state index < -0.39 is 0 Å². The van der Waals surface area contributed by atoms with Gasteiger partial charge in [0.25, 0.3) is 0 Å². The van der Waals surface area contributed by atoms with Crippen molar-refractivity contribution in [2.24, 2.45) is 11.8 Å². The van der Waals surface area contributed by atoms with E-state index in [0.717, 1.165) is 12.8 Å². The van der Waals surface area contributed by atoms with E-state index in [1.54, 1.807) is 18.1 Å². The van der Waals surface area contributed by atoms with Crippen molar-refractivity contribution in [3.63, 3.8) is 0 Å². The second-order valence-electron chi connectivity index (χ2n) is 6.35. The molecule has 0 aliphatic heterocycles. The molecule has 0 fully saturated rings. The summed E-state index contributed by atoms with van der Waals surface area (Å²) in [6.07, 6.45) is 23.5. The molecular formula is C22H29N. The van der Waals surface area contributed by atoms with Gasteiger partial charge in [0.2, 0.25) is 0 Å². The van der Waals surface area contributed by atoms with Crippen LogP contribution in [-0.2, 0) is 0 Å². The van der Waals surface area contributed by atoms with Crippen molar-refractivity contribution in [2.45, 2.75) is 46.0 Å². The maximum absolute atomic E-state index is 6.08. The SMILES string of the molecule is C=C1C=CCC1C1=C2CC=CC=C2C(CCCC)C=C1.CC=N. The molecule has 0 saturated heterocycles. The summed E-state index contributed by atoms with van der Waals surface area (Å²) in [5.41, 5.74) is 5.94. The first-order valence-electron chi connectivity index (χ1n) is 8.81. The molecule has 122 valence electrons. The molecule has 1 N–H and O–H groups in total. The first kappa shape index (κ1) is 17.5. The highest BCUT2D eigenvalue weighted by atomic mass is 14.3. The quantitative estimate of drug-likeness (QED) is 0.586. The zero-order chi connectivity index (χ0) is 16.7. The molecule has 23 heavy (non-hydrogen) atoms. The van der Waals surface area contributed by atoms with E-state index in [1.165, 1.54) is 36.6 Å². The van der Waals surface area contributed by atoms with Crippen LogP contribution in [0.5, 0.6) is 0 Å². The minimum Gasteiger partial charge on any atom is -0.313 e. The summed E-state index contributed by atoms with van der Waals surface area (Å²) >= 11 is 0. The number of unbranched alkanes of at least 4 members (excludes halogenated alkanes) is 1. The predicted octanol–water partition coefficient (Wildman–Crippen LogP) is 6.33. The van der Waals surface area contributed by atoms with Crippen LogP contribution in [0.15, 0.2) is 71.4 Å². The van der Waals surface area contributed by atoms with Gasteiger partial charge >= 0.3 is 0 Å². The van der Waals surface area contributed by atoms with E-state index in [-0.39, 0.29) is 0 Å². The molecule has 0 radical (unpaired) electrons. The summed E-state index contributed by atoms with van der Waals surface area (Å²) in [6, 6.07) is 0. The Morgan fingerprint density at radius 1 is 1.30 bits per heavy atom. The molecule has 0 heterocycles. The summed E-state index contributed by atoms with van der Waals surface area (Å²) in [6.45, 7) is 8.17. The van der Waals surface area contributed by atoms with Crippen LogP contribution in [0.4, 0.5) is 0 Å². The molecule has 2 unspecified atom stereocenters. The summed E-state index contributed by atoms with van der Waals surface area (Å²) < 4.78 is 0. The van der Waals surface area contributed by atoms with Gasteiger partial charge in [0.1, 0.15) is 0 Å². The maximum Gasteiger partial charge on any atom is 0.0121 e. The van der Waals surface area contributed by atoms with Crippen LogP contribution in [0.25, 0.3) is 0 Å². The fraction of sp³-hybridized carbons (Fsp3) is 0.409. The first-order valence-corrected chi connectivity index (χ1v) is 8.81. The zero-order valence-corrected chi connectivity index (χ0v) is 14.5. The molecule has 3 aliphatic carbocycles. The van der Waals surface area contributed by atoms with Gasteiger partial charge in [-0.2, -0.15) is 0 Å². The topological polar surface area (TPSA) is 23.9 Å². The van der Waals surface area contributed by atoms with E-state index in [1.807, 2.05) is 0 Å². The number of fused-ring (bicyclic) bond motifs is 1. The minimum atomic E-state index is 0.517. The van der Waals surface area contributed by atoms with Crippen LogP contribution in [-0.4, -0.2) is 6.21 Å². The lowest BCUT2D eigenvalue weighted by molar-refractivity contribution is 0.608. The number of allylic oxidation sites excluding steroid dienone is 11. The van der Waals surface area contributed by atoms with Gasteiger partial charge in [-0.3, -0.25) is 0 Å². The summed E-state index contributed by atoms with van der Waals surface area (Å²) in [7, 11) is 0. The number of hydrogen-bond acceptors (Lipinski definition) is 1.